The zero-order valence-electron chi connectivity index (χ0n) is 10.7. The minimum atomic E-state index is 0.0827. The SMILES string of the molecule is CC(C)C1CCCN1C(=O)C1NCCC1C. The lowest BCUT2D eigenvalue weighted by Crippen LogP contribution is -2.49. The highest BCUT2D eigenvalue weighted by Crippen LogP contribution is 2.26. The van der Waals surface area contributed by atoms with Crippen LogP contribution in [0.3, 0.4) is 0 Å². The van der Waals surface area contributed by atoms with Gasteiger partial charge >= 0.3 is 0 Å². The average molecular weight is 224 g/mol. The molecular formula is C13H24N2O. The van der Waals surface area contributed by atoms with Crippen molar-refractivity contribution in [1.29, 1.82) is 0 Å². The van der Waals surface area contributed by atoms with Crippen LogP contribution >= 0.6 is 0 Å². The zero-order valence-corrected chi connectivity index (χ0v) is 10.7. The smallest absolute Gasteiger partial charge is 0.240 e. The van der Waals surface area contributed by atoms with Gasteiger partial charge in [-0.05, 0) is 37.6 Å². The Hall–Kier alpha value is -0.570. The molecule has 0 spiro atoms. The Kier molecular flexibility index (Phi) is 3.53. The number of hydrogen-bond donors (Lipinski definition) is 1. The van der Waals surface area contributed by atoms with E-state index in [2.05, 4.69) is 31.0 Å². The first-order chi connectivity index (χ1) is 7.61. The molecule has 0 aromatic carbocycles. The lowest BCUT2D eigenvalue weighted by Gasteiger charge is -2.31. The van der Waals surface area contributed by atoms with E-state index in [1.54, 1.807) is 0 Å². The van der Waals surface area contributed by atoms with Crippen LogP contribution in [0.15, 0.2) is 0 Å². The van der Waals surface area contributed by atoms with Gasteiger partial charge in [0.2, 0.25) is 5.91 Å². The van der Waals surface area contributed by atoms with E-state index in [4.69, 9.17) is 0 Å². The molecule has 0 bridgehead atoms. The molecule has 2 rings (SSSR count). The zero-order chi connectivity index (χ0) is 11.7. The highest BCUT2D eigenvalue weighted by atomic mass is 16.2. The second-order valence-corrected chi connectivity index (χ2v) is 5.68. The van der Waals surface area contributed by atoms with Crippen molar-refractivity contribution in [2.24, 2.45) is 11.8 Å². The Morgan fingerprint density at radius 3 is 2.69 bits per heavy atom. The van der Waals surface area contributed by atoms with Gasteiger partial charge in [0.05, 0.1) is 6.04 Å². The van der Waals surface area contributed by atoms with E-state index in [0.717, 1.165) is 19.5 Å². The molecule has 3 unspecified atom stereocenters. The summed E-state index contributed by atoms with van der Waals surface area (Å²) in [6, 6.07) is 0.557. The Bertz CT molecular complexity index is 265. The van der Waals surface area contributed by atoms with E-state index in [0.29, 0.717) is 23.8 Å². The lowest BCUT2D eigenvalue weighted by molar-refractivity contribution is -0.135. The van der Waals surface area contributed by atoms with Crippen LogP contribution in [-0.2, 0) is 4.79 Å². The van der Waals surface area contributed by atoms with Gasteiger partial charge in [0.15, 0.2) is 0 Å². The van der Waals surface area contributed by atoms with Crippen molar-refractivity contribution in [3.63, 3.8) is 0 Å². The molecule has 2 fully saturated rings. The second-order valence-electron chi connectivity index (χ2n) is 5.68. The number of nitrogens with zero attached hydrogens (tertiary/aromatic N) is 1. The van der Waals surface area contributed by atoms with Crippen molar-refractivity contribution < 1.29 is 4.79 Å². The van der Waals surface area contributed by atoms with Gasteiger partial charge in [-0.2, -0.15) is 0 Å². The first-order valence-electron chi connectivity index (χ1n) is 6.65. The van der Waals surface area contributed by atoms with Crippen LogP contribution in [0.2, 0.25) is 0 Å². The van der Waals surface area contributed by atoms with Crippen LogP contribution in [0.5, 0.6) is 0 Å². The van der Waals surface area contributed by atoms with Crippen LogP contribution < -0.4 is 5.32 Å². The van der Waals surface area contributed by atoms with Crippen molar-refractivity contribution in [3.05, 3.63) is 0 Å². The van der Waals surface area contributed by atoms with E-state index >= 15 is 0 Å². The Labute approximate surface area is 98.6 Å². The standard InChI is InChI=1S/C13H24N2O/c1-9(2)11-5-4-8-15(11)13(16)12-10(3)6-7-14-12/h9-12,14H,4-8H2,1-3H3. The van der Waals surface area contributed by atoms with Gasteiger partial charge in [-0.1, -0.05) is 20.8 Å². The molecular weight excluding hydrogens is 200 g/mol. The van der Waals surface area contributed by atoms with Crippen LogP contribution in [0.1, 0.15) is 40.0 Å². The van der Waals surface area contributed by atoms with E-state index in [-0.39, 0.29) is 6.04 Å². The molecule has 0 aromatic rings. The summed E-state index contributed by atoms with van der Waals surface area (Å²) in [7, 11) is 0. The lowest BCUT2D eigenvalue weighted by atomic mass is 9.99. The number of rotatable bonds is 2. The number of nitrogens with one attached hydrogen (secondary N) is 1. The topological polar surface area (TPSA) is 32.3 Å². The minimum absolute atomic E-state index is 0.0827. The summed E-state index contributed by atoms with van der Waals surface area (Å²) in [5.74, 6) is 1.44. The Morgan fingerprint density at radius 2 is 2.12 bits per heavy atom. The fourth-order valence-electron chi connectivity index (χ4n) is 3.10. The number of amides is 1. The number of likely N-dealkylation sites (tertiary alicyclic amines) is 1. The molecule has 2 aliphatic heterocycles. The third-order valence-corrected chi connectivity index (χ3v) is 4.15. The predicted octanol–water partition coefficient (Wildman–Crippen LogP) is 1.63. The highest BCUT2D eigenvalue weighted by molar-refractivity contribution is 5.83. The molecule has 0 aromatic heterocycles. The summed E-state index contributed by atoms with van der Waals surface area (Å²) < 4.78 is 0. The molecule has 3 heteroatoms. The maximum absolute atomic E-state index is 12.4. The molecule has 1 amide bonds. The number of carbonyl (C=O) groups excluding carboxylic acids is 1. The molecule has 3 atom stereocenters. The van der Waals surface area contributed by atoms with Crippen LogP contribution in [0, 0.1) is 11.8 Å². The van der Waals surface area contributed by atoms with Crippen molar-refractivity contribution in [2.45, 2.75) is 52.1 Å². The van der Waals surface area contributed by atoms with Gasteiger partial charge < -0.3 is 10.2 Å². The second kappa shape index (κ2) is 4.74. The number of hydrogen-bond acceptors (Lipinski definition) is 2. The highest BCUT2D eigenvalue weighted by Gasteiger charge is 2.38. The van der Waals surface area contributed by atoms with Gasteiger partial charge in [-0.25, -0.2) is 0 Å². The molecule has 2 heterocycles. The molecule has 2 aliphatic rings. The normalized spacial score (nSPS) is 35.0. The predicted molar refractivity (Wildman–Crippen MR) is 65.1 cm³/mol. The molecule has 1 N–H and O–H groups in total. The molecule has 16 heavy (non-hydrogen) atoms. The van der Waals surface area contributed by atoms with Crippen molar-refractivity contribution in [3.8, 4) is 0 Å². The maximum atomic E-state index is 12.4. The van der Waals surface area contributed by atoms with Crippen molar-refractivity contribution in [2.75, 3.05) is 13.1 Å². The minimum Gasteiger partial charge on any atom is -0.338 e. The molecule has 0 saturated carbocycles. The largest absolute Gasteiger partial charge is 0.338 e. The van der Waals surface area contributed by atoms with E-state index in [1.807, 2.05) is 0 Å². The fraction of sp³-hybridized carbons (Fsp3) is 0.923. The third-order valence-electron chi connectivity index (χ3n) is 4.15. The summed E-state index contributed by atoms with van der Waals surface area (Å²) >= 11 is 0. The van der Waals surface area contributed by atoms with Crippen molar-refractivity contribution in [1.82, 2.24) is 10.2 Å². The summed E-state index contributed by atoms with van der Waals surface area (Å²) in [6.45, 7) is 8.59. The first kappa shape index (κ1) is 11.9. The summed E-state index contributed by atoms with van der Waals surface area (Å²) in [4.78, 5) is 14.6. The maximum Gasteiger partial charge on any atom is 0.240 e. The van der Waals surface area contributed by atoms with Crippen LogP contribution in [0.4, 0.5) is 0 Å². The summed E-state index contributed by atoms with van der Waals surface area (Å²) in [6.07, 6.45) is 3.50. The van der Waals surface area contributed by atoms with E-state index in [9.17, 15) is 4.79 Å². The first-order valence-corrected chi connectivity index (χ1v) is 6.65. The molecule has 2 saturated heterocycles. The molecule has 3 nitrogen and oxygen atoms in total. The molecule has 0 radical (unpaired) electrons. The molecule has 92 valence electrons. The monoisotopic (exact) mass is 224 g/mol. The Morgan fingerprint density at radius 1 is 1.38 bits per heavy atom. The quantitative estimate of drug-likeness (QED) is 0.773. The van der Waals surface area contributed by atoms with Crippen LogP contribution in [0.25, 0.3) is 0 Å². The fourth-order valence-corrected chi connectivity index (χ4v) is 3.10. The van der Waals surface area contributed by atoms with Gasteiger partial charge in [-0.15, -0.1) is 0 Å². The molecule has 0 aliphatic carbocycles. The van der Waals surface area contributed by atoms with Gasteiger partial charge in [0.1, 0.15) is 0 Å². The average Bonchev–Trinajstić information content (AvgIpc) is 2.84. The van der Waals surface area contributed by atoms with Gasteiger partial charge in [0.25, 0.3) is 0 Å². The number of carbonyl (C=O) groups is 1. The Balaban J connectivity index is 2.03. The summed E-state index contributed by atoms with van der Waals surface area (Å²) in [5.41, 5.74) is 0. The van der Waals surface area contributed by atoms with Gasteiger partial charge in [-0.3, -0.25) is 4.79 Å². The van der Waals surface area contributed by atoms with E-state index in [1.165, 1.54) is 12.8 Å². The van der Waals surface area contributed by atoms with Gasteiger partial charge in [0, 0.05) is 12.6 Å². The third kappa shape index (κ3) is 2.10. The van der Waals surface area contributed by atoms with Crippen molar-refractivity contribution >= 4 is 5.91 Å². The van der Waals surface area contributed by atoms with E-state index < -0.39 is 0 Å². The van der Waals surface area contributed by atoms with Crippen LogP contribution in [-0.4, -0.2) is 36.0 Å². The summed E-state index contributed by atoms with van der Waals surface area (Å²) in [5, 5.41) is 3.35.